The van der Waals surface area contributed by atoms with Crippen LogP contribution in [-0.2, 0) is 0 Å². The lowest BCUT2D eigenvalue weighted by atomic mass is 9.84. The van der Waals surface area contributed by atoms with Crippen molar-refractivity contribution in [3.63, 3.8) is 0 Å². The Labute approximate surface area is 89.7 Å². The molecule has 0 radical (unpaired) electrons. The van der Waals surface area contributed by atoms with Crippen molar-refractivity contribution in [1.82, 2.24) is 5.32 Å². The smallest absolute Gasteiger partial charge is 0.00951 e. The molecular formula is C13H27N. The summed E-state index contributed by atoms with van der Waals surface area (Å²) in [5, 5.41) is 3.66. The molecule has 1 saturated carbocycles. The summed E-state index contributed by atoms with van der Waals surface area (Å²) in [7, 11) is 0. The van der Waals surface area contributed by atoms with Crippen molar-refractivity contribution in [2.24, 2.45) is 11.8 Å². The molecule has 1 nitrogen and oxygen atoms in total. The topological polar surface area (TPSA) is 12.0 Å². The fourth-order valence-corrected chi connectivity index (χ4v) is 2.94. The van der Waals surface area contributed by atoms with E-state index in [0.717, 1.165) is 24.4 Å². The molecule has 1 N–H and O–H groups in total. The van der Waals surface area contributed by atoms with Gasteiger partial charge in [-0.25, -0.2) is 0 Å². The van der Waals surface area contributed by atoms with Gasteiger partial charge in [0.15, 0.2) is 0 Å². The third-order valence-corrected chi connectivity index (χ3v) is 3.84. The molecule has 0 aromatic carbocycles. The maximum absolute atomic E-state index is 3.66. The molecule has 84 valence electrons. The van der Waals surface area contributed by atoms with E-state index in [1.165, 1.54) is 38.5 Å². The molecule has 0 amide bonds. The Kier molecular flexibility index (Phi) is 5.54. The van der Waals surface area contributed by atoms with E-state index >= 15 is 0 Å². The van der Waals surface area contributed by atoms with Crippen LogP contribution in [0.1, 0.15) is 59.3 Å². The highest BCUT2D eigenvalue weighted by Gasteiger charge is 2.26. The molecule has 0 aromatic heterocycles. The van der Waals surface area contributed by atoms with Gasteiger partial charge in [0.2, 0.25) is 0 Å². The van der Waals surface area contributed by atoms with Gasteiger partial charge in [-0.3, -0.25) is 0 Å². The van der Waals surface area contributed by atoms with Gasteiger partial charge < -0.3 is 5.32 Å². The molecule has 0 bridgehead atoms. The third kappa shape index (κ3) is 3.27. The SMILES string of the molecule is CCCC(NCC)C(C)C1CCCC1. The molecule has 0 saturated heterocycles. The standard InChI is InChI=1S/C13H27N/c1-4-8-13(14-5-2)11(3)12-9-6-7-10-12/h11-14H,4-10H2,1-3H3. The lowest BCUT2D eigenvalue weighted by Crippen LogP contribution is -2.37. The highest BCUT2D eigenvalue weighted by atomic mass is 14.9. The van der Waals surface area contributed by atoms with E-state index in [4.69, 9.17) is 0 Å². The Bertz CT molecular complexity index is 132. The van der Waals surface area contributed by atoms with E-state index < -0.39 is 0 Å². The van der Waals surface area contributed by atoms with Crippen LogP contribution >= 0.6 is 0 Å². The quantitative estimate of drug-likeness (QED) is 0.686. The minimum absolute atomic E-state index is 0.771. The van der Waals surface area contributed by atoms with Gasteiger partial charge >= 0.3 is 0 Å². The van der Waals surface area contributed by atoms with Crippen LogP contribution in [0.25, 0.3) is 0 Å². The molecule has 1 heteroatoms. The molecule has 1 aliphatic rings. The summed E-state index contributed by atoms with van der Waals surface area (Å²) in [6.07, 6.45) is 8.57. The minimum Gasteiger partial charge on any atom is -0.314 e. The lowest BCUT2D eigenvalue weighted by Gasteiger charge is -2.29. The van der Waals surface area contributed by atoms with E-state index in [1.807, 2.05) is 0 Å². The van der Waals surface area contributed by atoms with Crippen molar-refractivity contribution >= 4 is 0 Å². The number of nitrogens with one attached hydrogen (secondary N) is 1. The van der Waals surface area contributed by atoms with Crippen LogP contribution in [0.2, 0.25) is 0 Å². The minimum atomic E-state index is 0.771. The Hall–Kier alpha value is -0.0400. The Morgan fingerprint density at radius 1 is 1.21 bits per heavy atom. The number of rotatable bonds is 6. The van der Waals surface area contributed by atoms with E-state index in [-0.39, 0.29) is 0 Å². The van der Waals surface area contributed by atoms with Gasteiger partial charge in [-0.1, -0.05) is 52.9 Å². The van der Waals surface area contributed by atoms with E-state index in [1.54, 1.807) is 0 Å². The molecule has 0 aliphatic heterocycles. The average molecular weight is 197 g/mol. The third-order valence-electron chi connectivity index (χ3n) is 3.84. The van der Waals surface area contributed by atoms with Gasteiger partial charge in [0.1, 0.15) is 0 Å². The monoisotopic (exact) mass is 197 g/mol. The number of hydrogen-bond donors (Lipinski definition) is 1. The van der Waals surface area contributed by atoms with Crippen molar-refractivity contribution < 1.29 is 0 Å². The molecule has 1 aliphatic carbocycles. The van der Waals surface area contributed by atoms with E-state index in [9.17, 15) is 0 Å². The molecule has 1 rings (SSSR count). The van der Waals surface area contributed by atoms with Crippen molar-refractivity contribution in [2.75, 3.05) is 6.54 Å². The zero-order chi connectivity index (χ0) is 10.4. The number of hydrogen-bond acceptors (Lipinski definition) is 1. The second-order valence-electron chi connectivity index (χ2n) is 4.86. The van der Waals surface area contributed by atoms with Gasteiger partial charge in [0, 0.05) is 6.04 Å². The maximum Gasteiger partial charge on any atom is 0.00951 e. The van der Waals surface area contributed by atoms with Gasteiger partial charge in [0.25, 0.3) is 0 Å². The molecule has 1 fully saturated rings. The van der Waals surface area contributed by atoms with Crippen LogP contribution in [0.5, 0.6) is 0 Å². The molecule has 0 heterocycles. The highest BCUT2D eigenvalue weighted by molar-refractivity contribution is 4.81. The summed E-state index contributed by atoms with van der Waals surface area (Å²) in [6, 6.07) is 0.771. The van der Waals surface area contributed by atoms with Crippen LogP contribution in [0, 0.1) is 11.8 Å². The zero-order valence-electron chi connectivity index (χ0n) is 10.2. The molecule has 0 aromatic rings. The Morgan fingerprint density at radius 3 is 2.36 bits per heavy atom. The fourth-order valence-electron chi connectivity index (χ4n) is 2.94. The van der Waals surface area contributed by atoms with Crippen LogP contribution in [0.3, 0.4) is 0 Å². The second kappa shape index (κ2) is 6.44. The molecule has 0 spiro atoms. The zero-order valence-corrected chi connectivity index (χ0v) is 10.2. The second-order valence-corrected chi connectivity index (χ2v) is 4.86. The molecule has 2 atom stereocenters. The summed E-state index contributed by atoms with van der Waals surface area (Å²) in [4.78, 5) is 0. The van der Waals surface area contributed by atoms with Gasteiger partial charge in [0.05, 0.1) is 0 Å². The molecule has 14 heavy (non-hydrogen) atoms. The fraction of sp³-hybridized carbons (Fsp3) is 1.00. The van der Waals surface area contributed by atoms with Gasteiger partial charge in [-0.05, 0) is 24.8 Å². The highest BCUT2D eigenvalue weighted by Crippen LogP contribution is 2.33. The predicted octanol–water partition coefficient (Wildman–Crippen LogP) is 3.59. The van der Waals surface area contributed by atoms with Crippen LogP contribution in [0.15, 0.2) is 0 Å². The first-order valence-corrected chi connectivity index (χ1v) is 6.53. The summed E-state index contributed by atoms with van der Waals surface area (Å²) >= 11 is 0. The van der Waals surface area contributed by atoms with Crippen molar-refractivity contribution in [3.05, 3.63) is 0 Å². The first-order valence-electron chi connectivity index (χ1n) is 6.53. The van der Waals surface area contributed by atoms with Gasteiger partial charge in [-0.15, -0.1) is 0 Å². The predicted molar refractivity (Wildman–Crippen MR) is 63.5 cm³/mol. The first-order chi connectivity index (χ1) is 6.79. The largest absolute Gasteiger partial charge is 0.314 e. The lowest BCUT2D eigenvalue weighted by molar-refractivity contribution is 0.261. The summed E-state index contributed by atoms with van der Waals surface area (Å²) < 4.78 is 0. The van der Waals surface area contributed by atoms with Gasteiger partial charge in [-0.2, -0.15) is 0 Å². The van der Waals surface area contributed by atoms with Crippen molar-refractivity contribution in [1.29, 1.82) is 0 Å². The van der Waals surface area contributed by atoms with Crippen molar-refractivity contribution in [3.8, 4) is 0 Å². The van der Waals surface area contributed by atoms with Crippen LogP contribution in [-0.4, -0.2) is 12.6 Å². The van der Waals surface area contributed by atoms with Crippen LogP contribution < -0.4 is 5.32 Å². The summed E-state index contributed by atoms with van der Waals surface area (Å²) in [5.74, 6) is 1.89. The summed E-state index contributed by atoms with van der Waals surface area (Å²) in [6.45, 7) is 8.11. The van der Waals surface area contributed by atoms with E-state index in [2.05, 4.69) is 26.1 Å². The van der Waals surface area contributed by atoms with Crippen molar-refractivity contribution in [2.45, 2.75) is 65.3 Å². The Morgan fingerprint density at radius 2 is 1.86 bits per heavy atom. The van der Waals surface area contributed by atoms with E-state index in [0.29, 0.717) is 0 Å². The van der Waals surface area contributed by atoms with Crippen LogP contribution in [0.4, 0.5) is 0 Å². The average Bonchev–Trinajstić information content (AvgIpc) is 2.69. The summed E-state index contributed by atoms with van der Waals surface area (Å²) in [5.41, 5.74) is 0. The Balaban J connectivity index is 2.39. The molecular weight excluding hydrogens is 170 g/mol. The maximum atomic E-state index is 3.66. The molecule has 2 unspecified atom stereocenters. The first kappa shape index (κ1) is 12.0. The normalized spacial score (nSPS) is 22.5.